The van der Waals surface area contributed by atoms with Gasteiger partial charge in [-0.3, -0.25) is 14.6 Å². The molecule has 0 spiro atoms. The first-order valence-corrected chi connectivity index (χ1v) is 7.77. The Morgan fingerprint density at radius 2 is 1.43 bits per heavy atom. The van der Waals surface area contributed by atoms with E-state index in [1.807, 2.05) is 0 Å². The molecule has 2 aromatic rings. The van der Waals surface area contributed by atoms with Crippen molar-refractivity contribution >= 4 is 23.4 Å². The Bertz CT molecular complexity index is 713. The molecule has 0 unspecified atom stereocenters. The molecule has 1 saturated heterocycles. The molecule has 0 N–H and O–H groups in total. The summed E-state index contributed by atoms with van der Waals surface area (Å²) in [6.45, 7) is 2.07. The van der Waals surface area contributed by atoms with Crippen LogP contribution in [0, 0.1) is 0 Å². The maximum Gasteiger partial charge on any atom is 0.254 e. The van der Waals surface area contributed by atoms with Crippen LogP contribution in [0.15, 0.2) is 48.8 Å². The molecule has 0 atom stereocenters. The molecule has 0 aliphatic carbocycles. The van der Waals surface area contributed by atoms with Gasteiger partial charge in [0.25, 0.3) is 11.8 Å². The van der Waals surface area contributed by atoms with Gasteiger partial charge in [-0.2, -0.15) is 0 Å². The molecule has 2 heterocycles. The van der Waals surface area contributed by atoms with Crippen molar-refractivity contribution in [2.24, 2.45) is 0 Å². The lowest BCUT2D eigenvalue weighted by Gasteiger charge is -2.34. The second-order valence-corrected chi connectivity index (χ2v) is 5.77. The molecular weight excluding hydrogens is 314 g/mol. The normalized spacial score (nSPS) is 14.7. The van der Waals surface area contributed by atoms with Crippen molar-refractivity contribution in [1.82, 2.24) is 14.8 Å². The smallest absolute Gasteiger partial charge is 0.254 e. The predicted molar refractivity (Wildman–Crippen MR) is 87.5 cm³/mol. The van der Waals surface area contributed by atoms with Gasteiger partial charge < -0.3 is 9.80 Å². The second-order valence-electron chi connectivity index (χ2n) is 5.33. The van der Waals surface area contributed by atoms with E-state index in [1.54, 1.807) is 58.6 Å². The van der Waals surface area contributed by atoms with Gasteiger partial charge in [-0.25, -0.2) is 0 Å². The minimum atomic E-state index is -0.0523. The molecule has 1 fully saturated rings. The van der Waals surface area contributed by atoms with Gasteiger partial charge in [0.15, 0.2) is 0 Å². The predicted octanol–water partition coefficient (Wildman–Crippen LogP) is 2.33. The minimum absolute atomic E-state index is 0.0257. The van der Waals surface area contributed by atoms with Crippen molar-refractivity contribution in [3.63, 3.8) is 0 Å². The molecular formula is C17H16ClN3O2. The molecule has 1 aliphatic heterocycles. The molecule has 5 nitrogen and oxygen atoms in total. The minimum Gasteiger partial charge on any atom is -0.335 e. The highest BCUT2D eigenvalue weighted by atomic mass is 35.5. The van der Waals surface area contributed by atoms with Crippen LogP contribution in [-0.2, 0) is 0 Å². The van der Waals surface area contributed by atoms with E-state index < -0.39 is 0 Å². The van der Waals surface area contributed by atoms with Crippen LogP contribution >= 0.6 is 11.6 Å². The Labute approximate surface area is 139 Å². The molecule has 1 aromatic heterocycles. The third-order valence-electron chi connectivity index (χ3n) is 3.85. The number of piperazine rings is 1. The zero-order chi connectivity index (χ0) is 16.2. The molecule has 118 valence electrons. The third kappa shape index (κ3) is 3.51. The lowest BCUT2D eigenvalue weighted by Crippen LogP contribution is -2.50. The molecule has 0 saturated carbocycles. The van der Waals surface area contributed by atoms with Gasteiger partial charge in [0.05, 0.1) is 0 Å². The van der Waals surface area contributed by atoms with E-state index in [1.165, 1.54) is 0 Å². The zero-order valence-corrected chi connectivity index (χ0v) is 13.2. The summed E-state index contributed by atoms with van der Waals surface area (Å²) in [6, 6.07) is 10.3. The topological polar surface area (TPSA) is 53.5 Å². The monoisotopic (exact) mass is 329 g/mol. The Morgan fingerprint density at radius 3 is 2.00 bits per heavy atom. The largest absolute Gasteiger partial charge is 0.335 e. The molecule has 1 aliphatic rings. The summed E-state index contributed by atoms with van der Waals surface area (Å²) in [5.41, 5.74) is 1.20. The van der Waals surface area contributed by atoms with Gasteiger partial charge in [-0.15, -0.1) is 0 Å². The van der Waals surface area contributed by atoms with E-state index in [0.29, 0.717) is 42.3 Å². The van der Waals surface area contributed by atoms with Crippen LogP contribution in [0.5, 0.6) is 0 Å². The summed E-state index contributed by atoms with van der Waals surface area (Å²) in [5.74, 6) is -0.0780. The Balaban J connectivity index is 1.62. The number of benzene rings is 1. The number of hydrogen-bond donors (Lipinski definition) is 0. The summed E-state index contributed by atoms with van der Waals surface area (Å²) in [5, 5.41) is 0.544. The number of aromatic nitrogens is 1. The summed E-state index contributed by atoms with van der Waals surface area (Å²) >= 11 is 5.93. The first-order valence-electron chi connectivity index (χ1n) is 7.39. The van der Waals surface area contributed by atoms with Crippen LogP contribution in [0.2, 0.25) is 5.02 Å². The van der Waals surface area contributed by atoms with Crippen LogP contribution in [0.4, 0.5) is 0 Å². The first kappa shape index (κ1) is 15.5. The quantitative estimate of drug-likeness (QED) is 0.849. The number of halogens is 1. The maximum absolute atomic E-state index is 12.5. The SMILES string of the molecule is O=C(c1ccncc1)N1CCN(C(=O)c2cccc(Cl)c2)CC1. The van der Waals surface area contributed by atoms with E-state index in [4.69, 9.17) is 11.6 Å². The lowest BCUT2D eigenvalue weighted by atomic mass is 10.1. The van der Waals surface area contributed by atoms with Crippen LogP contribution in [0.25, 0.3) is 0 Å². The number of nitrogens with zero attached hydrogens (tertiary/aromatic N) is 3. The zero-order valence-electron chi connectivity index (χ0n) is 12.5. The van der Waals surface area contributed by atoms with Crippen molar-refractivity contribution in [3.8, 4) is 0 Å². The van der Waals surface area contributed by atoms with Gasteiger partial charge >= 0.3 is 0 Å². The van der Waals surface area contributed by atoms with Crippen LogP contribution in [-0.4, -0.2) is 52.8 Å². The van der Waals surface area contributed by atoms with E-state index in [0.717, 1.165) is 0 Å². The molecule has 1 aromatic carbocycles. The van der Waals surface area contributed by atoms with Crippen molar-refractivity contribution < 1.29 is 9.59 Å². The van der Waals surface area contributed by atoms with E-state index in [2.05, 4.69) is 4.98 Å². The fraction of sp³-hybridized carbons (Fsp3) is 0.235. The average molecular weight is 330 g/mol. The van der Waals surface area contributed by atoms with Crippen LogP contribution in [0.3, 0.4) is 0 Å². The van der Waals surface area contributed by atoms with E-state index >= 15 is 0 Å². The molecule has 0 radical (unpaired) electrons. The van der Waals surface area contributed by atoms with E-state index in [-0.39, 0.29) is 11.8 Å². The lowest BCUT2D eigenvalue weighted by molar-refractivity contribution is 0.0535. The fourth-order valence-electron chi connectivity index (χ4n) is 2.59. The second kappa shape index (κ2) is 6.79. The summed E-state index contributed by atoms with van der Waals surface area (Å²) < 4.78 is 0. The maximum atomic E-state index is 12.5. The molecule has 0 bridgehead atoms. The van der Waals surface area contributed by atoms with Gasteiger partial charge in [0.2, 0.25) is 0 Å². The van der Waals surface area contributed by atoms with E-state index in [9.17, 15) is 9.59 Å². The Morgan fingerprint density at radius 1 is 0.870 bits per heavy atom. The first-order chi connectivity index (χ1) is 11.1. The fourth-order valence-corrected chi connectivity index (χ4v) is 2.78. The summed E-state index contributed by atoms with van der Waals surface area (Å²) in [7, 11) is 0. The van der Waals surface area contributed by atoms with Gasteiger partial charge in [-0.1, -0.05) is 17.7 Å². The van der Waals surface area contributed by atoms with Gasteiger partial charge in [-0.05, 0) is 30.3 Å². The molecule has 6 heteroatoms. The van der Waals surface area contributed by atoms with Crippen LogP contribution in [0.1, 0.15) is 20.7 Å². The Kier molecular flexibility index (Phi) is 4.57. The molecule has 23 heavy (non-hydrogen) atoms. The number of pyridine rings is 1. The van der Waals surface area contributed by atoms with Crippen molar-refractivity contribution in [2.75, 3.05) is 26.2 Å². The number of carbonyl (C=O) groups is 2. The van der Waals surface area contributed by atoms with Gasteiger partial charge in [0.1, 0.15) is 0 Å². The molecule has 2 amide bonds. The van der Waals surface area contributed by atoms with Crippen molar-refractivity contribution in [1.29, 1.82) is 0 Å². The number of amides is 2. The number of hydrogen-bond acceptors (Lipinski definition) is 3. The van der Waals surface area contributed by atoms with Gasteiger partial charge in [0, 0.05) is 54.7 Å². The highest BCUT2D eigenvalue weighted by Crippen LogP contribution is 2.15. The summed E-state index contributed by atoms with van der Waals surface area (Å²) in [6.07, 6.45) is 3.21. The third-order valence-corrected chi connectivity index (χ3v) is 4.09. The highest BCUT2D eigenvalue weighted by Gasteiger charge is 2.25. The highest BCUT2D eigenvalue weighted by molar-refractivity contribution is 6.30. The Hall–Kier alpha value is -2.40. The standard InChI is InChI=1S/C17H16ClN3O2/c18-15-3-1-2-14(12-15)17(23)21-10-8-20(9-11-21)16(22)13-4-6-19-7-5-13/h1-7,12H,8-11H2. The number of rotatable bonds is 2. The van der Waals surface area contributed by atoms with Crippen LogP contribution < -0.4 is 0 Å². The summed E-state index contributed by atoms with van der Waals surface area (Å²) in [4.78, 5) is 32.2. The number of carbonyl (C=O) groups excluding carboxylic acids is 2. The van der Waals surface area contributed by atoms with Crippen molar-refractivity contribution in [2.45, 2.75) is 0 Å². The molecule has 3 rings (SSSR count). The van der Waals surface area contributed by atoms with Crippen molar-refractivity contribution in [3.05, 3.63) is 64.9 Å². The average Bonchev–Trinajstić information content (AvgIpc) is 2.61.